The fourth-order valence-electron chi connectivity index (χ4n) is 2.43. The molecule has 1 aromatic rings. The van der Waals surface area contributed by atoms with Crippen molar-refractivity contribution in [3.63, 3.8) is 0 Å². The smallest absolute Gasteiger partial charge is 0.308 e. The van der Waals surface area contributed by atoms with Crippen molar-refractivity contribution in [2.45, 2.75) is 13.5 Å². The summed E-state index contributed by atoms with van der Waals surface area (Å²) in [7, 11) is 0. The Labute approximate surface area is 110 Å². The van der Waals surface area contributed by atoms with Gasteiger partial charge in [-0.05, 0) is 12.0 Å². The van der Waals surface area contributed by atoms with E-state index < -0.39 is 11.8 Å². The SMILES string of the molecule is C[C@@H]1CN(Cc2cccc(Cl)c2F)C[C@H]1C(=O)O. The fourth-order valence-corrected chi connectivity index (χ4v) is 2.62. The van der Waals surface area contributed by atoms with Gasteiger partial charge in [-0.15, -0.1) is 0 Å². The maximum atomic E-state index is 13.7. The lowest BCUT2D eigenvalue weighted by Crippen LogP contribution is -2.23. The molecule has 1 aromatic carbocycles. The summed E-state index contributed by atoms with van der Waals surface area (Å²) < 4.78 is 13.7. The number of halogens is 2. The van der Waals surface area contributed by atoms with Crippen LogP contribution >= 0.6 is 11.6 Å². The van der Waals surface area contributed by atoms with Gasteiger partial charge in [0, 0.05) is 25.2 Å². The monoisotopic (exact) mass is 271 g/mol. The lowest BCUT2D eigenvalue weighted by Gasteiger charge is -2.16. The summed E-state index contributed by atoms with van der Waals surface area (Å²) in [4.78, 5) is 13.0. The Hall–Kier alpha value is -1.13. The molecule has 0 aliphatic carbocycles. The fraction of sp³-hybridized carbons (Fsp3) is 0.462. The van der Waals surface area contributed by atoms with Crippen molar-refractivity contribution in [3.05, 3.63) is 34.6 Å². The zero-order valence-electron chi connectivity index (χ0n) is 10.1. The van der Waals surface area contributed by atoms with Crippen molar-refractivity contribution in [2.75, 3.05) is 13.1 Å². The van der Waals surface area contributed by atoms with Crippen LogP contribution in [-0.2, 0) is 11.3 Å². The summed E-state index contributed by atoms with van der Waals surface area (Å²) in [6.45, 7) is 3.44. The highest BCUT2D eigenvalue weighted by Gasteiger charge is 2.34. The minimum atomic E-state index is -0.781. The Balaban J connectivity index is 2.07. The van der Waals surface area contributed by atoms with Gasteiger partial charge in [0.05, 0.1) is 10.9 Å². The molecule has 2 atom stereocenters. The first-order chi connectivity index (χ1) is 8.49. The number of benzene rings is 1. The minimum Gasteiger partial charge on any atom is -0.481 e. The van der Waals surface area contributed by atoms with Crippen LogP contribution in [0.3, 0.4) is 0 Å². The summed E-state index contributed by atoms with van der Waals surface area (Å²) in [5.74, 6) is -1.47. The molecule has 1 aliphatic heterocycles. The highest BCUT2D eigenvalue weighted by Crippen LogP contribution is 2.26. The Morgan fingerprint density at radius 3 is 2.89 bits per heavy atom. The Bertz CT molecular complexity index is 466. The highest BCUT2D eigenvalue weighted by atomic mass is 35.5. The minimum absolute atomic E-state index is 0.0877. The first kappa shape index (κ1) is 13.3. The van der Waals surface area contributed by atoms with E-state index in [0.717, 1.165) is 0 Å². The van der Waals surface area contributed by atoms with E-state index in [4.69, 9.17) is 16.7 Å². The van der Waals surface area contributed by atoms with Crippen LogP contribution in [0.5, 0.6) is 0 Å². The van der Waals surface area contributed by atoms with Gasteiger partial charge < -0.3 is 5.11 Å². The van der Waals surface area contributed by atoms with Crippen molar-refractivity contribution in [3.8, 4) is 0 Å². The lowest BCUT2D eigenvalue weighted by molar-refractivity contribution is -0.142. The third kappa shape index (κ3) is 2.65. The predicted octanol–water partition coefficient (Wildman–Crippen LogP) is 2.63. The number of aliphatic carboxylic acids is 1. The molecule has 2 rings (SSSR count). The molecule has 0 aromatic heterocycles. The Morgan fingerprint density at radius 1 is 1.56 bits per heavy atom. The van der Waals surface area contributed by atoms with Crippen LogP contribution in [-0.4, -0.2) is 29.1 Å². The molecule has 1 fully saturated rings. The number of nitrogens with zero attached hydrogens (tertiary/aromatic N) is 1. The van der Waals surface area contributed by atoms with Gasteiger partial charge in [-0.1, -0.05) is 30.7 Å². The van der Waals surface area contributed by atoms with E-state index in [1.54, 1.807) is 12.1 Å². The molecule has 3 nitrogen and oxygen atoms in total. The topological polar surface area (TPSA) is 40.5 Å². The molecule has 0 radical (unpaired) electrons. The number of carboxylic acids is 1. The lowest BCUT2D eigenvalue weighted by atomic mass is 9.99. The van der Waals surface area contributed by atoms with Crippen molar-refractivity contribution >= 4 is 17.6 Å². The van der Waals surface area contributed by atoms with Crippen molar-refractivity contribution in [2.24, 2.45) is 11.8 Å². The van der Waals surface area contributed by atoms with Gasteiger partial charge >= 0.3 is 5.97 Å². The molecule has 98 valence electrons. The van der Waals surface area contributed by atoms with Gasteiger partial charge in [-0.3, -0.25) is 9.69 Å². The summed E-state index contributed by atoms with van der Waals surface area (Å²) in [6.07, 6.45) is 0. The summed E-state index contributed by atoms with van der Waals surface area (Å²) in [5.41, 5.74) is 0.515. The van der Waals surface area contributed by atoms with Crippen LogP contribution in [0.15, 0.2) is 18.2 Å². The average Bonchev–Trinajstić information content (AvgIpc) is 2.66. The van der Waals surface area contributed by atoms with E-state index in [1.165, 1.54) is 6.07 Å². The van der Waals surface area contributed by atoms with Crippen molar-refractivity contribution < 1.29 is 14.3 Å². The molecule has 0 saturated carbocycles. The largest absolute Gasteiger partial charge is 0.481 e. The molecule has 1 saturated heterocycles. The van der Waals surface area contributed by atoms with E-state index in [1.807, 2.05) is 11.8 Å². The highest BCUT2D eigenvalue weighted by molar-refractivity contribution is 6.30. The Kier molecular flexibility index (Phi) is 3.88. The summed E-state index contributed by atoms with van der Waals surface area (Å²) >= 11 is 5.72. The normalized spacial score (nSPS) is 24.4. The van der Waals surface area contributed by atoms with Crippen LogP contribution < -0.4 is 0 Å². The van der Waals surface area contributed by atoms with Crippen LogP contribution in [0.2, 0.25) is 5.02 Å². The van der Waals surface area contributed by atoms with Crippen LogP contribution in [0, 0.1) is 17.7 Å². The maximum absolute atomic E-state index is 13.7. The Morgan fingerprint density at radius 2 is 2.28 bits per heavy atom. The molecule has 0 bridgehead atoms. The first-order valence-electron chi connectivity index (χ1n) is 5.87. The van der Waals surface area contributed by atoms with Crippen molar-refractivity contribution in [1.29, 1.82) is 0 Å². The zero-order chi connectivity index (χ0) is 13.3. The van der Waals surface area contributed by atoms with E-state index in [9.17, 15) is 9.18 Å². The molecular formula is C13H15ClFNO2. The quantitative estimate of drug-likeness (QED) is 0.919. The second kappa shape index (κ2) is 5.24. The first-order valence-corrected chi connectivity index (χ1v) is 6.25. The molecule has 0 unspecified atom stereocenters. The van der Waals surface area contributed by atoms with Gasteiger partial charge in [-0.2, -0.15) is 0 Å². The number of carbonyl (C=O) groups is 1. The average molecular weight is 272 g/mol. The predicted molar refractivity (Wildman–Crippen MR) is 67.0 cm³/mol. The van der Waals surface area contributed by atoms with Crippen molar-refractivity contribution in [1.82, 2.24) is 4.90 Å². The number of hydrogen-bond acceptors (Lipinski definition) is 2. The number of rotatable bonds is 3. The van der Waals surface area contributed by atoms with E-state index in [0.29, 0.717) is 25.2 Å². The van der Waals surface area contributed by atoms with Gasteiger partial charge in [0.1, 0.15) is 5.82 Å². The number of likely N-dealkylation sites (tertiary alicyclic amines) is 1. The molecule has 0 spiro atoms. The standard InChI is InChI=1S/C13H15ClFNO2/c1-8-5-16(7-10(8)13(17)18)6-9-3-2-4-11(14)12(9)15/h2-4,8,10H,5-7H2,1H3,(H,17,18)/t8-,10-/m1/s1. The maximum Gasteiger partial charge on any atom is 0.308 e. The third-order valence-corrected chi connectivity index (χ3v) is 3.72. The van der Waals surface area contributed by atoms with E-state index in [2.05, 4.69) is 0 Å². The molecule has 5 heteroatoms. The zero-order valence-corrected chi connectivity index (χ0v) is 10.8. The number of hydrogen-bond donors (Lipinski definition) is 1. The summed E-state index contributed by atoms with van der Waals surface area (Å²) in [6, 6.07) is 4.89. The van der Waals surface area contributed by atoms with Gasteiger partial charge in [0.15, 0.2) is 0 Å². The van der Waals surface area contributed by atoms with Crippen LogP contribution in [0.1, 0.15) is 12.5 Å². The van der Waals surface area contributed by atoms with Gasteiger partial charge in [0.25, 0.3) is 0 Å². The molecular weight excluding hydrogens is 257 g/mol. The van der Waals surface area contributed by atoms with E-state index >= 15 is 0 Å². The molecule has 1 heterocycles. The molecule has 0 amide bonds. The summed E-state index contributed by atoms with van der Waals surface area (Å²) in [5, 5.41) is 9.15. The number of carboxylic acid groups (broad SMARTS) is 1. The molecule has 1 N–H and O–H groups in total. The second-order valence-electron chi connectivity index (χ2n) is 4.83. The third-order valence-electron chi connectivity index (χ3n) is 3.43. The molecule has 18 heavy (non-hydrogen) atoms. The van der Waals surface area contributed by atoms with Crippen LogP contribution in [0.25, 0.3) is 0 Å². The van der Waals surface area contributed by atoms with Crippen LogP contribution in [0.4, 0.5) is 4.39 Å². The second-order valence-corrected chi connectivity index (χ2v) is 5.24. The molecule has 1 aliphatic rings. The van der Waals surface area contributed by atoms with E-state index in [-0.39, 0.29) is 16.9 Å². The van der Waals surface area contributed by atoms with Gasteiger partial charge in [-0.25, -0.2) is 4.39 Å². The van der Waals surface area contributed by atoms with Gasteiger partial charge in [0.2, 0.25) is 0 Å².